The molecule has 2 rings (SSSR count). The number of nitrogen functional groups attached to an aromatic ring is 1. The van der Waals surface area contributed by atoms with Crippen molar-refractivity contribution in [1.29, 1.82) is 0 Å². The Morgan fingerprint density at radius 3 is 2.78 bits per heavy atom. The van der Waals surface area contributed by atoms with Crippen molar-refractivity contribution in [2.45, 2.75) is 40.2 Å². The lowest BCUT2D eigenvalue weighted by molar-refractivity contribution is 0.519. The summed E-state index contributed by atoms with van der Waals surface area (Å²) in [6, 6.07) is 3.28. The number of fused-ring (bicyclic) bond motifs is 1. The highest BCUT2D eigenvalue weighted by atomic mass is 19.1. The van der Waals surface area contributed by atoms with Gasteiger partial charge in [0.05, 0.1) is 11.0 Å². The smallest absolute Gasteiger partial charge is 0.201 e. The fraction of sp³-hybridized carbons (Fsp3) is 0.500. The normalized spacial score (nSPS) is 11.6. The number of imidazole rings is 1. The lowest BCUT2D eigenvalue weighted by Crippen LogP contribution is -2.04. The highest BCUT2D eigenvalue weighted by Gasteiger charge is 2.10. The van der Waals surface area contributed by atoms with Crippen molar-refractivity contribution < 1.29 is 4.39 Å². The Bertz CT molecular complexity index is 558. The number of aryl methyl sites for hydroxylation is 2. The second-order valence-electron chi connectivity index (χ2n) is 5.25. The zero-order valence-corrected chi connectivity index (χ0v) is 11.2. The van der Waals surface area contributed by atoms with Crippen molar-refractivity contribution in [3.05, 3.63) is 23.5 Å². The summed E-state index contributed by atoms with van der Waals surface area (Å²) in [6.07, 6.45) is 2.21. The molecule has 2 aromatic rings. The van der Waals surface area contributed by atoms with E-state index in [4.69, 9.17) is 5.73 Å². The Hall–Kier alpha value is -1.58. The van der Waals surface area contributed by atoms with Gasteiger partial charge in [0, 0.05) is 12.6 Å². The molecule has 4 heteroatoms. The van der Waals surface area contributed by atoms with E-state index in [0.717, 1.165) is 24.9 Å². The van der Waals surface area contributed by atoms with Crippen molar-refractivity contribution in [2.24, 2.45) is 5.92 Å². The monoisotopic (exact) mass is 249 g/mol. The van der Waals surface area contributed by atoms with E-state index >= 15 is 0 Å². The number of anilines is 1. The van der Waals surface area contributed by atoms with Crippen LogP contribution in [0.3, 0.4) is 0 Å². The Morgan fingerprint density at radius 2 is 2.11 bits per heavy atom. The van der Waals surface area contributed by atoms with Crippen molar-refractivity contribution in [2.75, 3.05) is 5.73 Å². The van der Waals surface area contributed by atoms with E-state index in [2.05, 4.69) is 18.8 Å². The quantitative estimate of drug-likeness (QED) is 0.901. The molecule has 0 aliphatic heterocycles. The van der Waals surface area contributed by atoms with E-state index in [0.29, 0.717) is 22.9 Å². The molecule has 1 aromatic heterocycles. The van der Waals surface area contributed by atoms with Gasteiger partial charge in [0.15, 0.2) is 0 Å². The zero-order chi connectivity index (χ0) is 13.3. The van der Waals surface area contributed by atoms with Crippen molar-refractivity contribution in [3.8, 4) is 0 Å². The first-order chi connectivity index (χ1) is 8.49. The summed E-state index contributed by atoms with van der Waals surface area (Å²) in [5.41, 5.74) is 8.10. The minimum Gasteiger partial charge on any atom is -0.369 e. The van der Waals surface area contributed by atoms with Gasteiger partial charge in [0.2, 0.25) is 5.95 Å². The van der Waals surface area contributed by atoms with E-state index in [1.54, 1.807) is 6.92 Å². The molecular formula is C14H20FN3. The average Bonchev–Trinajstić information content (AvgIpc) is 2.56. The molecule has 0 aliphatic rings. The molecule has 0 bridgehead atoms. The largest absolute Gasteiger partial charge is 0.369 e. The van der Waals surface area contributed by atoms with Gasteiger partial charge in [-0.15, -0.1) is 0 Å². The SMILES string of the molecule is Cc1cc2c(cc1F)nc(N)n2CCCC(C)C. The summed E-state index contributed by atoms with van der Waals surface area (Å²) in [4.78, 5) is 4.21. The average molecular weight is 249 g/mol. The van der Waals surface area contributed by atoms with Gasteiger partial charge in [-0.1, -0.05) is 13.8 Å². The number of nitrogens with zero attached hydrogens (tertiary/aromatic N) is 2. The predicted octanol–water partition coefficient (Wildman–Crippen LogP) is 3.50. The van der Waals surface area contributed by atoms with E-state index in [-0.39, 0.29) is 5.82 Å². The van der Waals surface area contributed by atoms with Crippen LogP contribution >= 0.6 is 0 Å². The van der Waals surface area contributed by atoms with Gasteiger partial charge < -0.3 is 10.3 Å². The number of benzene rings is 1. The Labute approximate surface area is 107 Å². The molecule has 1 heterocycles. The Balaban J connectivity index is 2.31. The summed E-state index contributed by atoms with van der Waals surface area (Å²) < 4.78 is 15.4. The second-order valence-corrected chi connectivity index (χ2v) is 5.25. The molecule has 0 unspecified atom stereocenters. The zero-order valence-electron chi connectivity index (χ0n) is 11.2. The van der Waals surface area contributed by atoms with Crippen LogP contribution in [0, 0.1) is 18.7 Å². The maximum Gasteiger partial charge on any atom is 0.201 e. The van der Waals surface area contributed by atoms with Gasteiger partial charge in [-0.3, -0.25) is 0 Å². The summed E-state index contributed by atoms with van der Waals surface area (Å²) in [5.74, 6) is 0.924. The third-order valence-corrected chi connectivity index (χ3v) is 3.22. The van der Waals surface area contributed by atoms with Crippen molar-refractivity contribution in [3.63, 3.8) is 0 Å². The van der Waals surface area contributed by atoms with Crippen LogP contribution in [0.15, 0.2) is 12.1 Å². The molecule has 0 aliphatic carbocycles. The third-order valence-electron chi connectivity index (χ3n) is 3.22. The fourth-order valence-corrected chi connectivity index (χ4v) is 2.16. The van der Waals surface area contributed by atoms with E-state index in [9.17, 15) is 4.39 Å². The van der Waals surface area contributed by atoms with Gasteiger partial charge in [0.1, 0.15) is 5.82 Å². The summed E-state index contributed by atoms with van der Waals surface area (Å²) in [6.45, 7) is 7.01. The lowest BCUT2D eigenvalue weighted by atomic mass is 10.1. The topological polar surface area (TPSA) is 43.8 Å². The number of hydrogen-bond donors (Lipinski definition) is 1. The van der Waals surface area contributed by atoms with E-state index in [1.807, 2.05) is 10.6 Å². The molecular weight excluding hydrogens is 229 g/mol. The number of hydrogen-bond acceptors (Lipinski definition) is 2. The molecule has 0 amide bonds. The maximum atomic E-state index is 13.5. The van der Waals surface area contributed by atoms with Gasteiger partial charge in [-0.25, -0.2) is 9.37 Å². The van der Waals surface area contributed by atoms with Crippen LogP contribution in [0.1, 0.15) is 32.3 Å². The molecule has 0 saturated heterocycles. The van der Waals surface area contributed by atoms with Crippen molar-refractivity contribution in [1.82, 2.24) is 9.55 Å². The van der Waals surface area contributed by atoms with Crippen LogP contribution in [0.5, 0.6) is 0 Å². The molecule has 0 radical (unpaired) electrons. The van der Waals surface area contributed by atoms with Crippen LogP contribution in [0.25, 0.3) is 11.0 Å². The molecule has 18 heavy (non-hydrogen) atoms. The van der Waals surface area contributed by atoms with Crippen LogP contribution in [0.2, 0.25) is 0 Å². The Morgan fingerprint density at radius 1 is 1.39 bits per heavy atom. The molecule has 3 nitrogen and oxygen atoms in total. The molecule has 0 saturated carbocycles. The number of halogens is 1. The summed E-state index contributed by atoms with van der Waals surface area (Å²) in [7, 11) is 0. The van der Waals surface area contributed by atoms with Gasteiger partial charge >= 0.3 is 0 Å². The molecule has 0 atom stereocenters. The summed E-state index contributed by atoms with van der Waals surface area (Å²) >= 11 is 0. The molecule has 2 N–H and O–H groups in total. The number of rotatable bonds is 4. The predicted molar refractivity (Wildman–Crippen MR) is 72.9 cm³/mol. The minimum atomic E-state index is -0.227. The Kier molecular flexibility index (Phi) is 3.55. The van der Waals surface area contributed by atoms with Crippen LogP contribution < -0.4 is 5.73 Å². The van der Waals surface area contributed by atoms with Crippen LogP contribution in [-0.4, -0.2) is 9.55 Å². The standard InChI is InChI=1S/C14H20FN3/c1-9(2)5-4-6-18-13-7-10(3)11(15)8-12(13)17-14(18)16/h7-9H,4-6H2,1-3H3,(H2,16,17). The first-order valence-corrected chi connectivity index (χ1v) is 6.41. The second kappa shape index (κ2) is 4.96. The van der Waals surface area contributed by atoms with Crippen LogP contribution in [-0.2, 0) is 6.54 Å². The van der Waals surface area contributed by atoms with Gasteiger partial charge in [-0.2, -0.15) is 0 Å². The fourth-order valence-electron chi connectivity index (χ4n) is 2.16. The van der Waals surface area contributed by atoms with Crippen molar-refractivity contribution >= 4 is 17.0 Å². The maximum absolute atomic E-state index is 13.5. The first-order valence-electron chi connectivity index (χ1n) is 6.41. The van der Waals surface area contributed by atoms with Crippen LogP contribution in [0.4, 0.5) is 10.3 Å². The lowest BCUT2D eigenvalue weighted by Gasteiger charge is -2.08. The molecule has 98 valence electrons. The van der Waals surface area contributed by atoms with E-state index in [1.165, 1.54) is 6.07 Å². The highest BCUT2D eigenvalue weighted by Crippen LogP contribution is 2.22. The third kappa shape index (κ3) is 2.47. The number of nitrogens with two attached hydrogens (primary N) is 1. The number of aromatic nitrogens is 2. The van der Waals surface area contributed by atoms with Gasteiger partial charge in [0.25, 0.3) is 0 Å². The van der Waals surface area contributed by atoms with Gasteiger partial charge in [-0.05, 0) is 37.3 Å². The molecule has 1 aromatic carbocycles. The molecule has 0 fully saturated rings. The molecule has 0 spiro atoms. The van der Waals surface area contributed by atoms with E-state index < -0.39 is 0 Å². The minimum absolute atomic E-state index is 0.227. The first kappa shape index (κ1) is 12.9. The summed E-state index contributed by atoms with van der Waals surface area (Å²) in [5, 5.41) is 0. The highest BCUT2D eigenvalue weighted by molar-refractivity contribution is 5.79.